The summed E-state index contributed by atoms with van der Waals surface area (Å²) in [6.45, 7) is 0.184. The summed E-state index contributed by atoms with van der Waals surface area (Å²) in [4.78, 5) is 20.9. The van der Waals surface area contributed by atoms with Gasteiger partial charge in [0.1, 0.15) is 5.75 Å². The summed E-state index contributed by atoms with van der Waals surface area (Å²) in [6.07, 6.45) is 16.8. The van der Waals surface area contributed by atoms with E-state index in [1.54, 1.807) is 6.20 Å². The lowest BCUT2D eigenvalue weighted by Gasteiger charge is -2.24. The van der Waals surface area contributed by atoms with Gasteiger partial charge in [-0.2, -0.15) is 0 Å². The molecule has 2 aromatic rings. The third-order valence-electron chi connectivity index (χ3n) is 6.35. The van der Waals surface area contributed by atoms with Crippen LogP contribution in [0.25, 0.3) is 5.70 Å². The molecule has 0 bridgehead atoms. The Hall–Kier alpha value is -3.12. The summed E-state index contributed by atoms with van der Waals surface area (Å²) in [6, 6.07) is 9.94. The fourth-order valence-electron chi connectivity index (χ4n) is 4.72. The molecule has 33 heavy (non-hydrogen) atoms. The topological polar surface area (TPSA) is 80.7 Å². The summed E-state index contributed by atoms with van der Waals surface area (Å²) in [5.74, 6) is 0.178. The number of hydroxylamine groups is 1. The minimum atomic E-state index is -0.955. The van der Waals surface area contributed by atoms with Crippen LogP contribution in [0.3, 0.4) is 0 Å². The number of aromatic nitrogens is 1. The zero-order valence-corrected chi connectivity index (χ0v) is 19.0. The van der Waals surface area contributed by atoms with E-state index >= 15 is 0 Å². The minimum absolute atomic E-state index is 0.304. The third kappa shape index (κ3) is 6.45. The summed E-state index contributed by atoms with van der Waals surface area (Å²) < 4.78 is 5.47. The lowest BCUT2D eigenvalue weighted by molar-refractivity contribution is -0.139. The quantitative estimate of drug-likeness (QED) is 0.315. The molecule has 1 heterocycles. The van der Waals surface area contributed by atoms with Crippen molar-refractivity contribution in [3.8, 4) is 5.75 Å². The molecule has 0 saturated heterocycles. The predicted octanol–water partition coefficient (Wildman–Crippen LogP) is 5.10. The maximum atomic E-state index is 10.8. The first-order chi connectivity index (χ1) is 16.2. The van der Waals surface area contributed by atoms with E-state index in [2.05, 4.69) is 34.7 Å². The van der Waals surface area contributed by atoms with E-state index in [4.69, 9.17) is 14.7 Å². The Balaban J connectivity index is 1.31. The largest absolute Gasteiger partial charge is 0.482 e. The van der Waals surface area contributed by atoms with Crippen LogP contribution in [0.5, 0.6) is 5.75 Å². The van der Waals surface area contributed by atoms with E-state index in [1.165, 1.54) is 30.4 Å². The van der Waals surface area contributed by atoms with Gasteiger partial charge >= 0.3 is 5.97 Å². The van der Waals surface area contributed by atoms with Crippen LogP contribution in [-0.2, 0) is 22.5 Å². The van der Waals surface area contributed by atoms with Crippen LogP contribution in [-0.4, -0.2) is 29.3 Å². The van der Waals surface area contributed by atoms with Crippen molar-refractivity contribution in [1.82, 2.24) is 10.5 Å². The Labute approximate surface area is 195 Å². The van der Waals surface area contributed by atoms with Crippen molar-refractivity contribution in [2.75, 3.05) is 13.2 Å². The number of aliphatic carboxylic acids is 1. The Kier molecular flexibility index (Phi) is 8.14. The average molecular weight is 449 g/mol. The van der Waals surface area contributed by atoms with Gasteiger partial charge in [-0.1, -0.05) is 30.7 Å². The molecule has 6 nitrogen and oxygen atoms in total. The van der Waals surface area contributed by atoms with E-state index < -0.39 is 5.97 Å². The van der Waals surface area contributed by atoms with Gasteiger partial charge in [-0.3, -0.25) is 15.3 Å². The van der Waals surface area contributed by atoms with Gasteiger partial charge in [-0.05, 0) is 85.8 Å². The van der Waals surface area contributed by atoms with Gasteiger partial charge in [0.05, 0.1) is 12.3 Å². The molecular weight excluding hydrogens is 416 g/mol. The number of carbonyl (C=O) groups is 1. The SMILES string of the molecule is O=C(O)COc1cccc2c1CCC(C=CCONC(=C1CCCCC1)c1cccnc1)C2. The lowest BCUT2D eigenvalue weighted by Crippen LogP contribution is -2.17. The van der Waals surface area contributed by atoms with Gasteiger partial charge in [0.2, 0.25) is 0 Å². The predicted molar refractivity (Wildman–Crippen MR) is 128 cm³/mol. The van der Waals surface area contributed by atoms with Crippen LogP contribution in [0, 0.1) is 5.92 Å². The number of fused-ring (bicyclic) bond motifs is 1. The van der Waals surface area contributed by atoms with E-state index in [0.717, 1.165) is 48.9 Å². The number of allylic oxidation sites excluding steroid dienone is 2. The lowest BCUT2D eigenvalue weighted by atomic mass is 9.83. The van der Waals surface area contributed by atoms with E-state index in [0.29, 0.717) is 18.3 Å². The van der Waals surface area contributed by atoms with Crippen LogP contribution in [0.1, 0.15) is 55.2 Å². The van der Waals surface area contributed by atoms with Gasteiger partial charge in [0.25, 0.3) is 0 Å². The van der Waals surface area contributed by atoms with Crippen molar-refractivity contribution < 1.29 is 19.5 Å². The Morgan fingerprint density at radius 3 is 2.82 bits per heavy atom. The molecule has 2 N–H and O–H groups in total. The monoisotopic (exact) mass is 448 g/mol. The van der Waals surface area contributed by atoms with Crippen molar-refractivity contribution >= 4 is 11.7 Å². The molecule has 0 radical (unpaired) electrons. The smallest absolute Gasteiger partial charge is 0.341 e. The third-order valence-corrected chi connectivity index (χ3v) is 6.35. The van der Waals surface area contributed by atoms with Crippen molar-refractivity contribution in [3.63, 3.8) is 0 Å². The van der Waals surface area contributed by atoms with Crippen LogP contribution in [0.15, 0.2) is 60.5 Å². The fraction of sp³-hybridized carbons (Fsp3) is 0.407. The normalized spacial score (nSPS) is 18.1. The van der Waals surface area contributed by atoms with Gasteiger partial charge in [-0.25, -0.2) is 4.79 Å². The zero-order chi connectivity index (χ0) is 22.9. The molecule has 1 fully saturated rings. The number of hydrogen-bond donors (Lipinski definition) is 2. The molecule has 1 aromatic carbocycles. The highest BCUT2D eigenvalue weighted by molar-refractivity contribution is 5.68. The molecule has 2 aliphatic rings. The molecule has 6 heteroatoms. The van der Waals surface area contributed by atoms with Gasteiger partial charge in [0.15, 0.2) is 6.61 Å². The molecule has 0 aliphatic heterocycles. The number of carboxylic acid groups (broad SMARTS) is 1. The number of ether oxygens (including phenoxy) is 1. The highest BCUT2D eigenvalue weighted by Crippen LogP contribution is 2.33. The van der Waals surface area contributed by atoms with Crippen LogP contribution in [0.4, 0.5) is 0 Å². The fourth-order valence-corrected chi connectivity index (χ4v) is 4.72. The molecule has 1 atom stereocenters. The Morgan fingerprint density at radius 2 is 2.03 bits per heavy atom. The standard InChI is InChI=1S/C27H32N2O4/c30-26(31)19-32-25-12-4-10-22-17-20(13-14-24(22)25)7-6-16-33-29-27(21-8-2-1-3-9-21)23-11-5-15-28-18-23/h4-7,10-12,15,18,20,29H,1-3,8-9,13-14,16-17,19H2,(H,30,31). The first kappa shape index (κ1) is 23.1. The van der Waals surface area contributed by atoms with Gasteiger partial charge < -0.3 is 9.84 Å². The number of nitrogens with zero attached hydrogens (tertiary/aromatic N) is 1. The molecule has 1 aromatic heterocycles. The second-order valence-electron chi connectivity index (χ2n) is 8.70. The summed E-state index contributed by atoms with van der Waals surface area (Å²) in [5, 5.41) is 8.88. The van der Waals surface area contributed by atoms with Crippen molar-refractivity contribution in [2.24, 2.45) is 5.92 Å². The Bertz CT molecular complexity index is 992. The summed E-state index contributed by atoms with van der Waals surface area (Å²) in [5.41, 5.74) is 9.15. The number of nitrogens with one attached hydrogen (secondary N) is 1. The number of hydrogen-bond acceptors (Lipinski definition) is 5. The average Bonchev–Trinajstić information content (AvgIpc) is 2.85. The molecule has 1 unspecified atom stereocenters. The number of pyridine rings is 1. The van der Waals surface area contributed by atoms with Crippen molar-refractivity contribution in [1.29, 1.82) is 0 Å². The summed E-state index contributed by atoms with van der Waals surface area (Å²) in [7, 11) is 0. The highest BCUT2D eigenvalue weighted by Gasteiger charge is 2.20. The van der Waals surface area contributed by atoms with Crippen molar-refractivity contribution in [2.45, 2.75) is 51.4 Å². The van der Waals surface area contributed by atoms with Crippen LogP contribution >= 0.6 is 0 Å². The maximum Gasteiger partial charge on any atom is 0.341 e. The van der Waals surface area contributed by atoms with Gasteiger partial charge in [-0.15, -0.1) is 0 Å². The molecule has 0 amide bonds. The zero-order valence-electron chi connectivity index (χ0n) is 19.0. The molecule has 0 spiro atoms. The molecule has 4 rings (SSSR count). The highest BCUT2D eigenvalue weighted by atomic mass is 16.6. The van der Waals surface area contributed by atoms with Crippen molar-refractivity contribution in [3.05, 3.63) is 77.1 Å². The van der Waals surface area contributed by atoms with Gasteiger partial charge in [0, 0.05) is 18.0 Å². The Morgan fingerprint density at radius 1 is 1.15 bits per heavy atom. The van der Waals surface area contributed by atoms with Crippen LogP contribution in [0.2, 0.25) is 0 Å². The summed E-state index contributed by atoms with van der Waals surface area (Å²) >= 11 is 0. The minimum Gasteiger partial charge on any atom is -0.482 e. The second kappa shape index (κ2) is 11.7. The second-order valence-corrected chi connectivity index (χ2v) is 8.70. The molecule has 174 valence electrons. The molecule has 1 saturated carbocycles. The first-order valence-corrected chi connectivity index (χ1v) is 11.8. The maximum absolute atomic E-state index is 10.8. The van der Waals surface area contributed by atoms with E-state index in [9.17, 15) is 4.79 Å². The number of benzene rings is 1. The van der Waals surface area contributed by atoms with E-state index in [-0.39, 0.29) is 6.61 Å². The van der Waals surface area contributed by atoms with E-state index in [1.807, 2.05) is 24.4 Å². The van der Waals surface area contributed by atoms with Crippen LogP contribution < -0.4 is 10.2 Å². The molecule has 2 aliphatic carbocycles. The number of carboxylic acids is 1. The molecular formula is C27H32N2O4. The number of rotatable bonds is 9. The first-order valence-electron chi connectivity index (χ1n) is 11.8.